The molecular weight excluding hydrogens is 194 g/mol. The second-order valence-corrected chi connectivity index (χ2v) is 4.41. The highest BCUT2D eigenvalue weighted by Crippen LogP contribution is 2.39. The van der Waals surface area contributed by atoms with E-state index in [4.69, 9.17) is 4.74 Å². The highest BCUT2D eigenvalue weighted by Gasteiger charge is 2.38. The van der Waals surface area contributed by atoms with Gasteiger partial charge in [0, 0.05) is 7.11 Å². The van der Waals surface area contributed by atoms with Crippen LogP contribution in [0.3, 0.4) is 0 Å². The molecule has 2 N–H and O–H groups in total. The Bertz CT molecular complexity index is 374. The molecule has 0 bridgehead atoms. The second-order valence-electron chi connectivity index (χ2n) is 4.41. The third kappa shape index (κ3) is 1.84. The molecule has 5 nitrogen and oxygen atoms in total. The van der Waals surface area contributed by atoms with Crippen molar-refractivity contribution in [2.45, 2.75) is 38.2 Å². The molecule has 0 atom stereocenters. The lowest BCUT2D eigenvalue weighted by atomic mass is 9.79. The van der Waals surface area contributed by atoms with E-state index in [1.165, 1.54) is 0 Å². The highest BCUT2D eigenvalue weighted by molar-refractivity contribution is 5.02. The maximum atomic E-state index is 11.0. The van der Waals surface area contributed by atoms with Gasteiger partial charge in [0.05, 0.1) is 0 Å². The summed E-state index contributed by atoms with van der Waals surface area (Å²) in [6.45, 7) is 2.24. The van der Waals surface area contributed by atoms with Crippen molar-refractivity contribution in [3.05, 3.63) is 16.3 Å². The van der Waals surface area contributed by atoms with Crippen LogP contribution in [0.25, 0.3) is 0 Å². The van der Waals surface area contributed by atoms with E-state index in [0.29, 0.717) is 5.82 Å². The normalized spacial score (nSPS) is 31.7. The summed E-state index contributed by atoms with van der Waals surface area (Å²) >= 11 is 0. The Morgan fingerprint density at radius 1 is 1.47 bits per heavy atom. The van der Waals surface area contributed by atoms with Crippen molar-refractivity contribution in [2.75, 3.05) is 7.11 Å². The van der Waals surface area contributed by atoms with Gasteiger partial charge in [-0.25, -0.2) is 9.89 Å². The Hall–Kier alpha value is -1.10. The van der Waals surface area contributed by atoms with Crippen molar-refractivity contribution in [1.29, 1.82) is 0 Å². The zero-order valence-electron chi connectivity index (χ0n) is 9.17. The number of methoxy groups -OCH3 is 1. The topological polar surface area (TPSA) is 70.8 Å². The third-order valence-corrected chi connectivity index (χ3v) is 3.41. The molecule has 0 amide bonds. The van der Waals surface area contributed by atoms with Crippen LogP contribution >= 0.6 is 0 Å². The van der Waals surface area contributed by atoms with Crippen molar-refractivity contribution in [3.8, 4) is 0 Å². The van der Waals surface area contributed by atoms with Gasteiger partial charge in [-0.2, -0.15) is 5.10 Å². The van der Waals surface area contributed by atoms with Crippen molar-refractivity contribution in [3.63, 3.8) is 0 Å². The molecule has 1 fully saturated rings. The quantitative estimate of drug-likeness (QED) is 0.770. The fraction of sp³-hybridized carbons (Fsp3) is 0.800. The molecule has 0 aromatic carbocycles. The standard InChI is InChI=1S/C10H17N3O2/c1-7-3-5-10(15-2,6-4-7)8-11-9(14)13-12-8/h7H,3-6H2,1-2H3,(H2,11,12,13,14). The van der Waals surface area contributed by atoms with Crippen molar-refractivity contribution in [2.24, 2.45) is 5.92 Å². The molecule has 0 radical (unpaired) electrons. The fourth-order valence-electron chi connectivity index (χ4n) is 2.25. The van der Waals surface area contributed by atoms with Gasteiger partial charge in [-0.15, -0.1) is 0 Å². The van der Waals surface area contributed by atoms with Gasteiger partial charge >= 0.3 is 5.69 Å². The molecule has 0 spiro atoms. The molecule has 15 heavy (non-hydrogen) atoms. The molecule has 1 heterocycles. The molecule has 0 unspecified atom stereocenters. The Morgan fingerprint density at radius 2 is 2.13 bits per heavy atom. The largest absolute Gasteiger partial charge is 0.370 e. The van der Waals surface area contributed by atoms with Gasteiger partial charge in [0.1, 0.15) is 5.60 Å². The predicted molar refractivity (Wildman–Crippen MR) is 55.5 cm³/mol. The van der Waals surface area contributed by atoms with Crippen LogP contribution in [-0.2, 0) is 10.3 Å². The lowest BCUT2D eigenvalue weighted by molar-refractivity contribution is -0.0595. The molecule has 1 aromatic heterocycles. The molecular formula is C10H17N3O2. The van der Waals surface area contributed by atoms with Gasteiger partial charge in [-0.1, -0.05) is 6.92 Å². The summed E-state index contributed by atoms with van der Waals surface area (Å²) in [6, 6.07) is 0. The number of rotatable bonds is 2. The second kappa shape index (κ2) is 3.81. The van der Waals surface area contributed by atoms with Gasteiger partial charge < -0.3 is 4.74 Å². The molecule has 1 aliphatic rings. The van der Waals surface area contributed by atoms with Crippen molar-refractivity contribution < 1.29 is 4.74 Å². The summed E-state index contributed by atoms with van der Waals surface area (Å²) in [4.78, 5) is 13.7. The number of aromatic amines is 2. The zero-order chi connectivity index (χ0) is 10.9. The summed E-state index contributed by atoms with van der Waals surface area (Å²) in [5, 5.41) is 6.38. The van der Waals surface area contributed by atoms with E-state index >= 15 is 0 Å². The minimum atomic E-state index is -0.383. The summed E-state index contributed by atoms with van der Waals surface area (Å²) in [7, 11) is 1.68. The Balaban J connectivity index is 2.26. The average molecular weight is 211 g/mol. The van der Waals surface area contributed by atoms with Gasteiger partial charge in [0.15, 0.2) is 5.82 Å². The Morgan fingerprint density at radius 3 is 2.60 bits per heavy atom. The average Bonchev–Trinajstić information content (AvgIpc) is 2.67. The van der Waals surface area contributed by atoms with Crippen LogP contribution in [0.15, 0.2) is 4.79 Å². The number of nitrogens with zero attached hydrogens (tertiary/aromatic N) is 1. The van der Waals surface area contributed by atoms with E-state index < -0.39 is 0 Å². The number of aromatic nitrogens is 3. The maximum Gasteiger partial charge on any atom is 0.340 e. The van der Waals surface area contributed by atoms with Crippen LogP contribution in [0.5, 0.6) is 0 Å². The fourth-order valence-corrected chi connectivity index (χ4v) is 2.25. The molecule has 0 saturated heterocycles. The first-order valence-electron chi connectivity index (χ1n) is 5.36. The van der Waals surface area contributed by atoms with Crippen molar-refractivity contribution >= 4 is 0 Å². The molecule has 1 aromatic rings. The van der Waals surface area contributed by atoms with E-state index in [2.05, 4.69) is 22.1 Å². The molecule has 1 aliphatic carbocycles. The van der Waals surface area contributed by atoms with Crippen LogP contribution in [0, 0.1) is 5.92 Å². The maximum absolute atomic E-state index is 11.0. The summed E-state index contributed by atoms with van der Waals surface area (Å²) < 4.78 is 5.57. The van der Waals surface area contributed by atoms with Crippen molar-refractivity contribution in [1.82, 2.24) is 15.2 Å². The van der Waals surface area contributed by atoms with Gasteiger partial charge in [0.2, 0.25) is 0 Å². The number of nitrogens with one attached hydrogen (secondary N) is 2. The Kier molecular flexibility index (Phi) is 2.65. The smallest absolute Gasteiger partial charge is 0.340 e. The molecule has 5 heteroatoms. The number of ether oxygens (including phenoxy) is 1. The van der Waals surface area contributed by atoms with Crippen LogP contribution in [0.2, 0.25) is 0 Å². The van der Waals surface area contributed by atoms with Gasteiger partial charge in [-0.3, -0.25) is 4.98 Å². The van der Waals surface area contributed by atoms with Gasteiger partial charge in [-0.05, 0) is 31.6 Å². The minimum absolute atomic E-state index is 0.264. The minimum Gasteiger partial charge on any atom is -0.370 e. The summed E-state index contributed by atoms with van der Waals surface area (Å²) in [6.07, 6.45) is 4.07. The van der Waals surface area contributed by atoms with E-state index in [1.54, 1.807) is 7.11 Å². The monoisotopic (exact) mass is 211 g/mol. The van der Waals surface area contributed by atoms with E-state index in [0.717, 1.165) is 31.6 Å². The summed E-state index contributed by atoms with van der Waals surface area (Å²) in [5.74, 6) is 1.38. The first-order valence-corrected chi connectivity index (χ1v) is 5.36. The lowest BCUT2D eigenvalue weighted by Crippen LogP contribution is -2.34. The molecule has 1 saturated carbocycles. The van der Waals surface area contributed by atoms with Gasteiger partial charge in [0.25, 0.3) is 0 Å². The van der Waals surface area contributed by atoms with Crippen LogP contribution in [-0.4, -0.2) is 22.3 Å². The molecule has 0 aliphatic heterocycles. The number of hydrogen-bond donors (Lipinski definition) is 2. The Labute approximate surface area is 88.2 Å². The van der Waals surface area contributed by atoms with Crippen LogP contribution in [0.4, 0.5) is 0 Å². The number of hydrogen-bond acceptors (Lipinski definition) is 3. The van der Waals surface area contributed by atoms with Crippen LogP contribution < -0.4 is 5.69 Å². The third-order valence-electron chi connectivity index (χ3n) is 3.41. The number of H-pyrrole nitrogens is 2. The first-order chi connectivity index (χ1) is 7.16. The zero-order valence-corrected chi connectivity index (χ0v) is 9.17. The van der Waals surface area contributed by atoms with E-state index in [1.807, 2.05) is 0 Å². The van der Waals surface area contributed by atoms with Crippen LogP contribution in [0.1, 0.15) is 38.4 Å². The highest BCUT2D eigenvalue weighted by atomic mass is 16.5. The first kappa shape index (κ1) is 10.4. The molecule has 2 rings (SSSR count). The van der Waals surface area contributed by atoms with E-state index in [9.17, 15) is 4.79 Å². The predicted octanol–water partition coefficient (Wildman–Crippen LogP) is 1.15. The molecule has 84 valence electrons. The lowest BCUT2D eigenvalue weighted by Gasteiger charge is -2.36. The summed E-state index contributed by atoms with van der Waals surface area (Å²) in [5.41, 5.74) is -0.647. The van der Waals surface area contributed by atoms with E-state index in [-0.39, 0.29) is 11.3 Å². The SMILES string of the molecule is COC1(c2n[nH]c(=O)[nH]2)CCC(C)CC1.